The van der Waals surface area contributed by atoms with Crippen LogP contribution in [0.4, 0.5) is 11.4 Å². The summed E-state index contributed by atoms with van der Waals surface area (Å²) in [6.07, 6.45) is 0.627. The van der Waals surface area contributed by atoms with E-state index in [-0.39, 0.29) is 23.9 Å². The van der Waals surface area contributed by atoms with E-state index in [9.17, 15) is 9.59 Å². The summed E-state index contributed by atoms with van der Waals surface area (Å²) in [6, 6.07) is 24.3. The highest BCUT2D eigenvalue weighted by Crippen LogP contribution is 2.43. The predicted molar refractivity (Wildman–Crippen MR) is 121 cm³/mol. The maximum Gasteiger partial charge on any atom is 0.260 e. The Balaban J connectivity index is 1.88. The SMILES string of the molecule is CC(=O)N1c2ccccc2[C@H](N(C(=O)c2ccccc2Cl)c2ccccc2)C[C@H]1C. The van der Waals surface area contributed by atoms with E-state index in [1.807, 2.05) is 83.5 Å². The van der Waals surface area contributed by atoms with Crippen molar-refractivity contribution >= 4 is 34.8 Å². The Morgan fingerprint density at radius 3 is 2.27 bits per heavy atom. The van der Waals surface area contributed by atoms with Crippen LogP contribution in [0.1, 0.15) is 42.2 Å². The zero-order chi connectivity index (χ0) is 21.3. The van der Waals surface area contributed by atoms with E-state index in [1.165, 1.54) is 0 Å². The molecule has 0 saturated carbocycles. The van der Waals surface area contributed by atoms with Crippen LogP contribution in [-0.2, 0) is 4.79 Å². The molecule has 4 rings (SSSR count). The second kappa shape index (κ2) is 8.33. The molecule has 2 atom stereocenters. The average molecular weight is 419 g/mol. The Hall–Kier alpha value is -3.11. The molecule has 0 aromatic heterocycles. The molecule has 0 fully saturated rings. The van der Waals surface area contributed by atoms with Crippen LogP contribution in [-0.4, -0.2) is 17.9 Å². The number of carbonyl (C=O) groups excluding carboxylic acids is 2. The summed E-state index contributed by atoms with van der Waals surface area (Å²) in [5.74, 6) is -0.160. The summed E-state index contributed by atoms with van der Waals surface area (Å²) >= 11 is 6.38. The third-order valence-corrected chi connectivity index (χ3v) is 5.90. The van der Waals surface area contributed by atoms with Gasteiger partial charge in [-0.25, -0.2) is 0 Å². The molecule has 1 aliphatic rings. The molecular formula is C25H23ClN2O2. The minimum absolute atomic E-state index is 0.00269. The van der Waals surface area contributed by atoms with Gasteiger partial charge in [0.15, 0.2) is 0 Å². The van der Waals surface area contributed by atoms with Crippen molar-refractivity contribution in [3.63, 3.8) is 0 Å². The van der Waals surface area contributed by atoms with Crippen LogP contribution >= 0.6 is 11.6 Å². The van der Waals surface area contributed by atoms with E-state index in [1.54, 1.807) is 19.1 Å². The first-order valence-corrected chi connectivity index (χ1v) is 10.4. The number of fused-ring (bicyclic) bond motifs is 1. The van der Waals surface area contributed by atoms with Gasteiger partial charge in [0.2, 0.25) is 5.91 Å². The van der Waals surface area contributed by atoms with Crippen LogP contribution in [0.2, 0.25) is 5.02 Å². The molecule has 5 heteroatoms. The molecular weight excluding hydrogens is 396 g/mol. The van der Waals surface area contributed by atoms with E-state index < -0.39 is 0 Å². The monoisotopic (exact) mass is 418 g/mol. The number of amides is 2. The number of hydrogen-bond acceptors (Lipinski definition) is 2. The molecule has 1 aliphatic heterocycles. The standard InChI is InChI=1S/C25H23ClN2O2/c1-17-16-24(21-13-7-9-15-23(21)27(17)18(2)29)28(19-10-4-3-5-11-19)25(30)20-12-6-8-14-22(20)26/h3-15,17,24H,16H2,1-2H3/t17-,24-/m1/s1. The van der Waals surface area contributed by atoms with Gasteiger partial charge in [0, 0.05) is 24.3 Å². The third kappa shape index (κ3) is 3.59. The van der Waals surface area contributed by atoms with Gasteiger partial charge >= 0.3 is 0 Å². The van der Waals surface area contributed by atoms with Crippen molar-refractivity contribution in [3.05, 3.63) is 95.0 Å². The van der Waals surface area contributed by atoms with Crippen molar-refractivity contribution in [2.45, 2.75) is 32.4 Å². The van der Waals surface area contributed by atoms with Crippen LogP contribution in [0, 0.1) is 0 Å². The number of rotatable bonds is 3. The summed E-state index contributed by atoms with van der Waals surface area (Å²) in [5.41, 5.74) is 3.06. The molecule has 0 aliphatic carbocycles. The molecule has 0 radical (unpaired) electrons. The van der Waals surface area contributed by atoms with Crippen LogP contribution in [0.5, 0.6) is 0 Å². The zero-order valence-electron chi connectivity index (χ0n) is 17.0. The Morgan fingerprint density at radius 1 is 0.933 bits per heavy atom. The fourth-order valence-corrected chi connectivity index (χ4v) is 4.51. The van der Waals surface area contributed by atoms with Crippen molar-refractivity contribution < 1.29 is 9.59 Å². The van der Waals surface area contributed by atoms with Gasteiger partial charge in [-0.15, -0.1) is 0 Å². The fourth-order valence-electron chi connectivity index (χ4n) is 4.30. The summed E-state index contributed by atoms with van der Waals surface area (Å²) in [5, 5.41) is 0.422. The number of benzene rings is 3. The molecule has 0 spiro atoms. The first-order chi connectivity index (χ1) is 14.5. The lowest BCUT2D eigenvalue weighted by atomic mass is 9.89. The first kappa shape index (κ1) is 20.2. The van der Waals surface area contributed by atoms with Crippen molar-refractivity contribution in [2.75, 3.05) is 9.80 Å². The van der Waals surface area contributed by atoms with Gasteiger partial charge in [-0.2, -0.15) is 0 Å². The molecule has 30 heavy (non-hydrogen) atoms. The normalized spacial score (nSPS) is 17.9. The largest absolute Gasteiger partial charge is 0.309 e. The highest BCUT2D eigenvalue weighted by Gasteiger charge is 2.38. The van der Waals surface area contributed by atoms with Crippen LogP contribution in [0.25, 0.3) is 0 Å². The van der Waals surface area contributed by atoms with Gasteiger partial charge in [-0.05, 0) is 49.2 Å². The predicted octanol–water partition coefficient (Wildman–Crippen LogP) is 5.87. The Labute approximate surface area is 181 Å². The number of para-hydroxylation sites is 2. The smallest absolute Gasteiger partial charge is 0.260 e. The summed E-state index contributed by atoms with van der Waals surface area (Å²) in [7, 11) is 0. The summed E-state index contributed by atoms with van der Waals surface area (Å²) in [4.78, 5) is 29.7. The topological polar surface area (TPSA) is 40.6 Å². The molecule has 0 saturated heterocycles. The first-order valence-electron chi connectivity index (χ1n) is 10.0. The van der Waals surface area contributed by atoms with Crippen LogP contribution < -0.4 is 9.80 Å². The lowest BCUT2D eigenvalue weighted by Gasteiger charge is -2.43. The molecule has 0 unspecified atom stereocenters. The van der Waals surface area contributed by atoms with E-state index in [4.69, 9.17) is 11.6 Å². The Morgan fingerprint density at radius 2 is 1.57 bits per heavy atom. The maximum atomic E-state index is 13.8. The van der Waals surface area contributed by atoms with Gasteiger partial charge in [0.25, 0.3) is 5.91 Å². The number of nitrogens with zero attached hydrogens (tertiary/aromatic N) is 2. The van der Waals surface area contributed by atoms with Gasteiger partial charge < -0.3 is 9.80 Å². The van der Waals surface area contributed by atoms with Gasteiger partial charge in [-0.3, -0.25) is 9.59 Å². The van der Waals surface area contributed by atoms with Crippen LogP contribution in [0.15, 0.2) is 78.9 Å². The zero-order valence-corrected chi connectivity index (χ0v) is 17.7. The maximum absolute atomic E-state index is 13.8. The van der Waals surface area contributed by atoms with E-state index in [0.717, 1.165) is 16.9 Å². The van der Waals surface area contributed by atoms with E-state index in [0.29, 0.717) is 17.0 Å². The Kier molecular flexibility index (Phi) is 5.60. The summed E-state index contributed by atoms with van der Waals surface area (Å²) in [6.45, 7) is 3.60. The number of carbonyl (C=O) groups is 2. The van der Waals surface area contributed by atoms with Crippen molar-refractivity contribution in [2.24, 2.45) is 0 Å². The quantitative estimate of drug-likeness (QED) is 0.533. The van der Waals surface area contributed by atoms with E-state index >= 15 is 0 Å². The molecule has 0 N–H and O–H groups in total. The minimum Gasteiger partial charge on any atom is -0.309 e. The molecule has 152 valence electrons. The number of anilines is 2. The fraction of sp³-hybridized carbons (Fsp3) is 0.200. The van der Waals surface area contributed by atoms with Gasteiger partial charge in [0.1, 0.15) is 0 Å². The lowest BCUT2D eigenvalue weighted by Crippen LogP contribution is -2.47. The molecule has 0 bridgehead atoms. The highest BCUT2D eigenvalue weighted by molar-refractivity contribution is 6.34. The van der Waals surface area contributed by atoms with Gasteiger partial charge in [0.05, 0.1) is 16.6 Å². The molecule has 3 aromatic rings. The average Bonchev–Trinajstić information content (AvgIpc) is 2.74. The minimum atomic E-state index is -0.224. The van der Waals surface area contributed by atoms with Crippen molar-refractivity contribution in [1.29, 1.82) is 0 Å². The second-order valence-electron chi connectivity index (χ2n) is 7.54. The second-order valence-corrected chi connectivity index (χ2v) is 7.95. The summed E-state index contributed by atoms with van der Waals surface area (Å²) < 4.78 is 0. The molecule has 3 aromatic carbocycles. The lowest BCUT2D eigenvalue weighted by molar-refractivity contribution is -0.117. The van der Waals surface area contributed by atoms with Gasteiger partial charge in [-0.1, -0.05) is 60.1 Å². The van der Waals surface area contributed by atoms with Crippen molar-refractivity contribution in [3.8, 4) is 0 Å². The molecule has 4 nitrogen and oxygen atoms in total. The number of hydrogen-bond donors (Lipinski definition) is 0. The van der Waals surface area contributed by atoms with Crippen LogP contribution in [0.3, 0.4) is 0 Å². The van der Waals surface area contributed by atoms with E-state index in [2.05, 4.69) is 0 Å². The Bertz CT molecular complexity index is 1080. The van der Waals surface area contributed by atoms with Crippen molar-refractivity contribution in [1.82, 2.24) is 0 Å². The number of halogens is 1. The molecule has 1 heterocycles. The third-order valence-electron chi connectivity index (χ3n) is 5.57. The molecule has 2 amide bonds. The highest BCUT2D eigenvalue weighted by atomic mass is 35.5.